The zero-order valence-electron chi connectivity index (χ0n) is 16.4. The second kappa shape index (κ2) is 9.49. The maximum Gasteiger partial charge on any atom is 0.387 e. The van der Waals surface area contributed by atoms with E-state index in [9.17, 15) is 13.6 Å². The van der Waals surface area contributed by atoms with Gasteiger partial charge in [0.1, 0.15) is 17.2 Å². The van der Waals surface area contributed by atoms with Crippen molar-refractivity contribution < 1.29 is 22.7 Å². The summed E-state index contributed by atoms with van der Waals surface area (Å²) < 4.78 is 34.6. The van der Waals surface area contributed by atoms with E-state index in [1.54, 1.807) is 30.3 Å². The SMILES string of the molecule is N#Cc1ccc(CSC2=N/C(=C\c3ccco3)C(=O)N2c2ccc(OC(F)F)cc2)cc1. The van der Waals surface area contributed by atoms with Gasteiger partial charge in [0, 0.05) is 11.8 Å². The molecule has 6 nitrogen and oxygen atoms in total. The van der Waals surface area contributed by atoms with E-state index in [2.05, 4.69) is 15.8 Å². The Balaban J connectivity index is 1.60. The Kier molecular flexibility index (Phi) is 6.33. The molecule has 2 aromatic carbocycles. The van der Waals surface area contributed by atoms with E-state index in [-0.39, 0.29) is 17.4 Å². The van der Waals surface area contributed by atoms with E-state index in [1.165, 1.54) is 47.2 Å². The van der Waals surface area contributed by atoms with Crippen LogP contribution in [0.2, 0.25) is 0 Å². The second-order valence-electron chi connectivity index (χ2n) is 6.55. The molecule has 0 radical (unpaired) electrons. The summed E-state index contributed by atoms with van der Waals surface area (Å²) in [6, 6.07) is 18.4. The number of benzene rings is 2. The van der Waals surface area contributed by atoms with Crippen LogP contribution < -0.4 is 9.64 Å². The molecule has 0 saturated carbocycles. The highest BCUT2D eigenvalue weighted by Crippen LogP contribution is 2.32. The largest absolute Gasteiger partial charge is 0.465 e. The molecule has 160 valence electrons. The van der Waals surface area contributed by atoms with Crippen molar-refractivity contribution in [3.63, 3.8) is 0 Å². The molecule has 1 aliphatic rings. The summed E-state index contributed by atoms with van der Waals surface area (Å²) in [6.45, 7) is -2.93. The summed E-state index contributed by atoms with van der Waals surface area (Å²) in [5, 5.41) is 9.37. The number of thioether (sulfide) groups is 1. The molecule has 1 aromatic heterocycles. The van der Waals surface area contributed by atoms with E-state index in [1.807, 2.05) is 12.1 Å². The van der Waals surface area contributed by atoms with Gasteiger partial charge in [0.05, 0.1) is 23.6 Å². The van der Waals surface area contributed by atoms with Crippen molar-refractivity contribution in [2.45, 2.75) is 12.4 Å². The highest BCUT2D eigenvalue weighted by atomic mass is 32.2. The van der Waals surface area contributed by atoms with Crippen molar-refractivity contribution in [3.8, 4) is 11.8 Å². The number of amidine groups is 1. The van der Waals surface area contributed by atoms with Crippen LogP contribution in [-0.4, -0.2) is 17.7 Å². The fourth-order valence-electron chi connectivity index (χ4n) is 2.93. The van der Waals surface area contributed by atoms with Crippen molar-refractivity contribution in [1.29, 1.82) is 5.26 Å². The lowest BCUT2D eigenvalue weighted by Crippen LogP contribution is -2.30. The van der Waals surface area contributed by atoms with Gasteiger partial charge in [-0.05, 0) is 54.1 Å². The Bertz CT molecular complexity index is 1200. The van der Waals surface area contributed by atoms with Crippen molar-refractivity contribution in [3.05, 3.63) is 89.5 Å². The molecule has 0 saturated heterocycles. The number of halogens is 2. The maximum atomic E-state index is 13.1. The van der Waals surface area contributed by atoms with E-state index in [0.29, 0.717) is 27.9 Å². The van der Waals surface area contributed by atoms with Crippen LogP contribution in [0.3, 0.4) is 0 Å². The highest BCUT2D eigenvalue weighted by molar-refractivity contribution is 8.13. The number of amides is 1. The van der Waals surface area contributed by atoms with Crippen molar-refractivity contribution in [1.82, 2.24) is 0 Å². The molecule has 0 atom stereocenters. The highest BCUT2D eigenvalue weighted by Gasteiger charge is 2.32. The van der Waals surface area contributed by atoms with Gasteiger partial charge >= 0.3 is 6.61 Å². The zero-order valence-corrected chi connectivity index (χ0v) is 17.3. The normalized spacial score (nSPS) is 14.7. The number of alkyl halides is 2. The molecule has 9 heteroatoms. The Morgan fingerprint density at radius 2 is 1.91 bits per heavy atom. The molecule has 0 aliphatic carbocycles. The fraction of sp³-hybridized carbons (Fsp3) is 0.0870. The average molecular weight is 451 g/mol. The zero-order chi connectivity index (χ0) is 22.5. The summed E-state index contributed by atoms with van der Waals surface area (Å²) in [5.74, 6) is 0.613. The van der Waals surface area contributed by atoms with Crippen molar-refractivity contribution in [2.24, 2.45) is 4.99 Å². The first-order valence-electron chi connectivity index (χ1n) is 9.38. The summed E-state index contributed by atoms with van der Waals surface area (Å²) in [5.41, 5.74) is 2.16. The van der Waals surface area contributed by atoms with Gasteiger partial charge in [-0.2, -0.15) is 14.0 Å². The quantitative estimate of drug-likeness (QED) is 0.467. The maximum absolute atomic E-state index is 13.1. The van der Waals surface area contributed by atoms with Crippen molar-refractivity contribution >= 4 is 34.6 Å². The van der Waals surface area contributed by atoms with Crippen LogP contribution in [0.4, 0.5) is 14.5 Å². The molecule has 0 unspecified atom stereocenters. The smallest absolute Gasteiger partial charge is 0.387 e. The summed E-state index contributed by atoms with van der Waals surface area (Å²) >= 11 is 1.34. The molecule has 1 amide bonds. The molecule has 2 heterocycles. The molecular formula is C23H15F2N3O3S. The topological polar surface area (TPSA) is 78.8 Å². The third-order valence-electron chi connectivity index (χ3n) is 4.42. The van der Waals surface area contributed by atoms with Crippen LogP contribution >= 0.6 is 11.8 Å². The van der Waals surface area contributed by atoms with E-state index >= 15 is 0 Å². The van der Waals surface area contributed by atoms with Gasteiger partial charge in [-0.25, -0.2) is 4.99 Å². The number of carbonyl (C=O) groups is 1. The van der Waals surface area contributed by atoms with Crippen molar-refractivity contribution in [2.75, 3.05) is 4.90 Å². The van der Waals surface area contributed by atoms with Gasteiger partial charge in [-0.15, -0.1) is 0 Å². The number of furan rings is 1. The molecule has 0 fully saturated rings. The standard InChI is InChI=1S/C23H15F2N3O3S/c24-22(25)31-18-9-7-17(8-10-18)28-21(29)20(12-19-2-1-11-30-19)27-23(28)32-14-16-5-3-15(13-26)4-6-16/h1-12,22H,14H2/b20-12-. The first-order chi connectivity index (χ1) is 15.5. The third kappa shape index (κ3) is 4.87. The predicted octanol–water partition coefficient (Wildman–Crippen LogP) is 5.43. The molecule has 4 rings (SSSR count). The Labute approximate surface area is 186 Å². The lowest BCUT2D eigenvalue weighted by molar-refractivity contribution is -0.113. The molecule has 3 aromatic rings. The van der Waals surface area contributed by atoms with Gasteiger partial charge in [0.25, 0.3) is 5.91 Å². The predicted molar refractivity (Wildman–Crippen MR) is 117 cm³/mol. The molecule has 32 heavy (non-hydrogen) atoms. The van der Waals surface area contributed by atoms with Gasteiger partial charge in [0.15, 0.2) is 5.17 Å². The molecule has 0 N–H and O–H groups in total. The Hall–Kier alpha value is -3.90. The number of ether oxygens (including phenoxy) is 1. The van der Waals surface area contributed by atoms with E-state index < -0.39 is 6.61 Å². The number of aliphatic imine (C=N–C) groups is 1. The summed E-state index contributed by atoms with van der Waals surface area (Å²) in [4.78, 5) is 19.0. The molecule has 0 bridgehead atoms. The number of hydrogen-bond acceptors (Lipinski definition) is 6. The summed E-state index contributed by atoms with van der Waals surface area (Å²) in [7, 11) is 0. The van der Waals surface area contributed by atoms with Crippen LogP contribution in [0.5, 0.6) is 5.75 Å². The van der Waals surface area contributed by atoms with Gasteiger partial charge < -0.3 is 9.15 Å². The van der Waals surface area contributed by atoms with E-state index in [0.717, 1.165) is 5.56 Å². The molecular weight excluding hydrogens is 436 g/mol. The molecule has 0 spiro atoms. The third-order valence-corrected chi connectivity index (χ3v) is 5.43. The van der Waals surface area contributed by atoms with Gasteiger partial charge in [-0.1, -0.05) is 23.9 Å². The lowest BCUT2D eigenvalue weighted by Gasteiger charge is -2.18. The van der Waals surface area contributed by atoms with Crippen LogP contribution in [-0.2, 0) is 10.5 Å². The van der Waals surface area contributed by atoms with Gasteiger partial charge in [0.2, 0.25) is 0 Å². The number of rotatable bonds is 6. The van der Waals surface area contributed by atoms with Crippen LogP contribution in [0.25, 0.3) is 6.08 Å². The van der Waals surface area contributed by atoms with Crippen LogP contribution in [0, 0.1) is 11.3 Å². The number of anilines is 1. The Morgan fingerprint density at radius 3 is 2.53 bits per heavy atom. The first-order valence-corrected chi connectivity index (χ1v) is 10.4. The number of carbonyl (C=O) groups excluding carboxylic acids is 1. The summed E-state index contributed by atoms with van der Waals surface area (Å²) in [6.07, 6.45) is 3.04. The Morgan fingerprint density at radius 1 is 1.16 bits per heavy atom. The number of hydrogen-bond donors (Lipinski definition) is 0. The minimum Gasteiger partial charge on any atom is -0.465 e. The minimum atomic E-state index is -2.93. The molecule has 1 aliphatic heterocycles. The average Bonchev–Trinajstić information content (AvgIpc) is 3.41. The van der Waals surface area contributed by atoms with Crippen LogP contribution in [0.15, 0.2) is 82.0 Å². The monoisotopic (exact) mass is 451 g/mol. The first kappa shape index (κ1) is 21.3. The number of nitrogens with zero attached hydrogens (tertiary/aromatic N) is 3. The van der Waals surface area contributed by atoms with Gasteiger partial charge in [-0.3, -0.25) is 9.69 Å². The lowest BCUT2D eigenvalue weighted by atomic mass is 10.2. The minimum absolute atomic E-state index is 0.00882. The van der Waals surface area contributed by atoms with Crippen LogP contribution in [0.1, 0.15) is 16.9 Å². The second-order valence-corrected chi connectivity index (χ2v) is 7.49. The van der Waals surface area contributed by atoms with E-state index in [4.69, 9.17) is 9.68 Å². The fourth-order valence-corrected chi connectivity index (χ4v) is 3.90. The number of nitriles is 1.